The second kappa shape index (κ2) is 6.18. The number of nitrogens with zero attached hydrogens (tertiary/aromatic N) is 2. The first-order valence-corrected chi connectivity index (χ1v) is 6.83. The summed E-state index contributed by atoms with van der Waals surface area (Å²) in [6.07, 6.45) is 0. The molecule has 10 heteroatoms. The minimum absolute atomic E-state index is 0.00648. The van der Waals surface area contributed by atoms with Crippen LogP contribution in [-0.2, 0) is 0 Å². The van der Waals surface area contributed by atoms with Gasteiger partial charge in [0, 0.05) is 17.0 Å². The number of aromatic nitrogens is 1. The van der Waals surface area contributed by atoms with Crippen LogP contribution in [0.5, 0.6) is 11.5 Å². The highest BCUT2D eigenvalue weighted by molar-refractivity contribution is 7.07. The number of benzene rings is 1. The number of nitrogens with one attached hydrogen (secondary N) is 2. The summed E-state index contributed by atoms with van der Waals surface area (Å²) in [7, 11) is 0. The van der Waals surface area contributed by atoms with Gasteiger partial charge in [0.1, 0.15) is 11.3 Å². The summed E-state index contributed by atoms with van der Waals surface area (Å²) in [5.74, 6) is -0.696. The minimum atomic E-state index is -0.947. The molecule has 0 saturated heterocycles. The molecule has 0 aliphatic carbocycles. The molecule has 0 spiro atoms. The molecule has 0 fully saturated rings. The van der Waals surface area contributed by atoms with Gasteiger partial charge in [0.25, 0.3) is 0 Å². The van der Waals surface area contributed by atoms with E-state index < -0.39 is 39.2 Å². The fraction of sp³-hybridized carbons (Fsp3) is 0. The van der Waals surface area contributed by atoms with Gasteiger partial charge in [-0.05, 0) is 11.9 Å². The molecule has 1 aromatic heterocycles. The maximum absolute atomic E-state index is 12.2. The normalized spacial score (nSPS) is 9.91. The molecule has 116 valence electrons. The van der Waals surface area contributed by atoms with Crippen molar-refractivity contribution in [2.45, 2.75) is 0 Å². The summed E-state index contributed by atoms with van der Waals surface area (Å²) in [4.78, 5) is 25.8. The predicted octanol–water partition coefficient (Wildman–Crippen LogP) is 1.89. The van der Waals surface area contributed by atoms with Crippen molar-refractivity contribution in [1.82, 2.24) is 4.98 Å². The van der Waals surface area contributed by atoms with Crippen molar-refractivity contribution in [2.75, 3.05) is 0 Å². The first-order chi connectivity index (χ1) is 10.9. The first-order valence-electron chi connectivity index (χ1n) is 5.89. The third-order valence-electron chi connectivity index (χ3n) is 2.82. The van der Waals surface area contributed by atoms with E-state index in [-0.39, 0.29) is 11.3 Å². The molecular weight excluding hydrogens is 324 g/mol. The number of allylic oxidation sites excluding steroid dienone is 1. The van der Waals surface area contributed by atoms with Gasteiger partial charge in [-0.1, -0.05) is 0 Å². The monoisotopic (exact) mass is 332 g/mol. The van der Waals surface area contributed by atoms with Gasteiger partial charge in [0.15, 0.2) is 5.75 Å². The molecule has 0 amide bonds. The Hall–Kier alpha value is -3.36. The van der Waals surface area contributed by atoms with Crippen LogP contribution in [0.15, 0.2) is 28.6 Å². The molecule has 0 saturated carbocycles. The largest absolute Gasteiger partial charge is 0.504 e. The van der Waals surface area contributed by atoms with Gasteiger partial charge in [-0.3, -0.25) is 25.7 Å². The Morgan fingerprint density at radius 1 is 1.39 bits per heavy atom. The number of aromatic hydroxyl groups is 2. The van der Waals surface area contributed by atoms with E-state index in [1.54, 1.807) is 0 Å². The Balaban J connectivity index is 2.49. The quantitative estimate of drug-likeness (QED) is 0.163. The maximum Gasteiger partial charge on any atom is 0.315 e. The number of phenols is 2. The smallest absolute Gasteiger partial charge is 0.315 e. The number of hydrogen-bond donors (Lipinski definition) is 4. The summed E-state index contributed by atoms with van der Waals surface area (Å²) < 4.78 is 0. The number of nitro benzene ring substituents is 1. The van der Waals surface area contributed by atoms with E-state index >= 15 is 0 Å². The van der Waals surface area contributed by atoms with Crippen LogP contribution < -0.4 is 0 Å². The fourth-order valence-electron chi connectivity index (χ4n) is 1.72. The average Bonchev–Trinajstić information content (AvgIpc) is 3.04. The van der Waals surface area contributed by atoms with E-state index in [2.05, 4.69) is 4.98 Å². The Morgan fingerprint density at radius 3 is 2.61 bits per heavy atom. The fourth-order valence-corrected chi connectivity index (χ4v) is 2.25. The molecule has 4 N–H and O–H groups in total. The van der Waals surface area contributed by atoms with Gasteiger partial charge in [-0.25, -0.2) is 4.98 Å². The third-order valence-corrected chi connectivity index (χ3v) is 3.41. The molecule has 1 aromatic carbocycles. The summed E-state index contributed by atoms with van der Waals surface area (Å²) in [6.45, 7) is 0. The second-order valence-electron chi connectivity index (χ2n) is 4.20. The van der Waals surface area contributed by atoms with Crippen LogP contribution in [-0.4, -0.2) is 37.5 Å². The Kier molecular flexibility index (Phi) is 4.30. The molecule has 0 aliphatic heterocycles. The Morgan fingerprint density at radius 2 is 2.09 bits per heavy atom. The molecule has 0 radical (unpaired) electrons. The summed E-state index contributed by atoms with van der Waals surface area (Å²) >= 11 is 1.15. The summed E-state index contributed by atoms with van der Waals surface area (Å²) in [5.41, 5.74) is -0.672. The maximum atomic E-state index is 12.2. The number of carbonyl (C=O) groups excluding carboxylic acids is 1. The second-order valence-corrected chi connectivity index (χ2v) is 4.92. The van der Waals surface area contributed by atoms with E-state index in [0.717, 1.165) is 23.5 Å². The van der Waals surface area contributed by atoms with E-state index in [1.165, 1.54) is 10.9 Å². The van der Waals surface area contributed by atoms with Gasteiger partial charge in [-0.2, -0.15) is 0 Å². The number of carbonyl (C=O) groups is 1. The predicted molar refractivity (Wildman–Crippen MR) is 80.9 cm³/mol. The third kappa shape index (κ3) is 2.98. The standard InChI is InChI=1S/C13H8N4O5S/c14-3-7(12(19)8-4-23-5-16-8)11(15)6-1-9(17(21)22)13(20)10(18)2-6/h1-2,4-5,14-15,18,20H. The average molecular weight is 332 g/mol. The van der Waals surface area contributed by atoms with Gasteiger partial charge in [0.2, 0.25) is 11.5 Å². The molecule has 0 unspecified atom stereocenters. The summed E-state index contributed by atoms with van der Waals surface area (Å²) in [5, 5.41) is 46.4. The van der Waals surface area contributed by atoms with Crippen LogP contribution >= 0.6 is 11.3 Å². The van der Waals surface area contributed by atoms with Gasteiger partial charge in [0.05, 0.1) is 16.1 Å². The van der Waals surface area contributed by atoms with Crippen LogP contribution in [0, 0.1) is 20.9 Å². The van der Waals surface area contributed by atoms with Crippen LogP contribution in [0.3, 0.4) is 0 Å². The Labute approximate surface area is 132 Å². The van der Waals surface area contributed by atoms with Crippen LogP contribution in [0.4, 0.5) is 5.69 Å². The van der Waals surface area contributed by atoms with Crippen LogP contribution in [0.1, 0.15) is 16.1 Å². The number of rotatable bonds is 5. The van der Waals surface area contributed by atoms with E-state index in [0.29, 0.717) is 0 Å². The van der Waals surface area contributed by atoms with Crippen molar-refractivity contribution in [2.24, 2.45) is 0 Å². The molecule has 0 atom stereocenters. The van der Waals surface area contributed by atoms with Crippen molar-refractivity contribution >= 4 is 34.4 Å². The first kappa shape index (κ1) is 16.0. The van der Waals surface area contributed by atoms with E-state index in [1.807, 2.05) is 5.87 Å². The van der Waals surface area contributed by atoms with Crippen molar-refractivity contribution < 1.29 is 19.9 Å². The summed E-state index contributed by atoms with van der Waals surface area (Å²) in [6, 6.07) is 1.71. The van der Waals surface area contributed by atoms with Crippen molar-refractivity contribution in [1.29, 1.82) is 10.8 Å². The number of phenolic OH excluding ortho intramolecular Hbond substituents is 2. The number of ketones is 1. The molecule has 23 heavy (non-hydrogen) atoms. The lowest BCUT2D eigenvalue weighted by Crippen LogP contribution is -2.15. The van der Waals surface area contributed by atoms with Crippen LogP contribution in [0.25, 0.3) is 0 Å². The number of thiazole rings is 1. The number of nitro groups is 1. The molecular formula is C13H8N4O5S. The number of Topliss-reactive ketones (excluding diaryl/α,β-unsaturated/α-hetero) is 1. The minimum Gasteiger partial charge on any atom is -0.504 e. The zero-order valence-electron chi connectivity index (χ0n) is 11.2. The Bertz CT molecular complexity index is 869. The molecule has 2 aromatic rings. The SMILES string of the molecule is N=C=C(C(=N)c1cc(O)c(O)c([N+](=O)[O-])c1)C(=O)c1cscn1. The van der Waals surface area contributed by atoms with E-state index in [9.17, 15) is 25.1 Å². The molecule has 0 aliphatic rings. The van der Waals surface area contributed by atoms with Gasteiger partial charge in [-0.15, -0.1) is 11.3 Å². The molecule has 9 nitrogen and oxygen atoms in total. The van der Waals surface area contributed by atoms with Crippen molar-refractivity contribution in [3.8, 4) is 11.5 Å². The van der Waals surface area contributed by atoms with Gasteiger partial charge >= 0.3 is 5.69 Å². The lowest BCUT2D eigenvalue weighted by atomic mass is 9.98. The zero-order valence-corrected chi connectivity index (χ0v) is 12.0. The van der Waals surface area contributed by atoms with E-state index in [4.69, 9.17) is 10.8 Å². The highest BCUT2D eigenvalue weighted by Crippen LogP contribution is 2.36. The molecule has 2 rings (SSSR count). The lowest BCUT2D eigenvalue weighted by molar-refractivity contribution is -0.386. The van der Waals surface area contributed by atoms with Crippen molar-refractivity contribution in [3.05, 3.63) is 50.0 Å². The zero-order chi connectivity index (χ0) is 17.1. The molecule has 0 bridgehead atoms. The van der Waals surface area contributed by atoms with Crippen LogP contribution in [0.2, 0.25) is 0 Å². The topological polar surface area (TPSA) is 161 Å². The lowest BCUT2D eigenvalue weighted by Gasteiger charge is -2.07. The molecule has 1 heterocycles. The highest BCUT2D eigenvalue weighted by Gasteiger charge is 2.25. The number of hydrogen-bond acceptors (Lipinski definition) is 9. The highest BCUT2D eigenvalue weighted by atomic mass is 32.1. The van der Waals surface area contributed by atoms with Crippen molar-refractivity contribution in [3.63, 3.8) is 0 Å². The van der Waals surface area contributed by atoms with Gasteiger partial charge < -0.3 is 10.2 Å².